The molecule has 0 aliphatic heterocycles. The van der Waals surface area contributed by atoms with Crippen LogP contribution in [-0.2, 0) is 4.79 Å². The summed E-state index contributed by atoms with van der Waals surface area (Å²) in [7, 11) is 1.48. The monoisotopic (exact) mass is 206 g/mol. The summed E-state index contributed by atoms with van der Waals surface area (Å²) in [5.74, 6) is -1.08. The minimum atomic E-state index is -1.08. The SMILES string of the molecule is CN/C(=C\C(=N)Br)C(=O)O. The van der Waals surface area contributed by atoms with Crippen LogP contribution in [0.4, 0.5) is 0 Å². The average Bonchev–Trinajstić information content (AvgIpc) is 1.81. The van der Waals surface area contributed by atoms with Gasteiger partial charge >= 0.3 is 5.97 Å². The highest BCUT2D eigenvalue weighted by atomic mass is 79.9. The first-order valence-corrected chi connectivity index (χ1v) is 3.24. The van der Waals surface area contributed by atoms with Crippen molar-refractivity contribution < 1.29 is 9.90 Å². The highest BCUT2D eigenvalue weighted by Crippen LogP contribution is 1.93. The second kappa shape index (κ2) is 4.05. The number of rotatable bonds is 3. The van der Waals surface area contributed by atoms with Crippen molar-refractivity contribution in [3.63, 3.8) is 0 Å². The zero-order chi connectivity index (χ0) is 8.15. The maximum atomic E-state index is 10.2. The number of carbonyl (C=O) groups is 1. The summed E-state index contributed by atoms with van der Waals surface area (Å²) in [5, 5.41) is 17.7. The third-order valence-corrected chi connectivity index (χ3v) is 1.000. The van der Waals surface area contributed by atoms with Crippen LogP contribution < -0.4 is 5.32 Å². The van der Waals surface area contributed by atoms with Crippen LogP contribution in [0.1, 0.15) is 0 Å². The minimum absolute atomic E-state index is 0.0122. The lowest BCUT2D eigenvalue weighted by molar-refractivity contribution is -0.133. The minimum Gasteiger partial charge on any atom is -0.477 e. The summed E-state index contributed by atoms with van der Waals surface area (Å²) in [4.78, 5) is 10.2. The fourth-order valence-corrected chi connectivity index (χ4v) is 0.596. The van der Waals surface area contributed by atoms with E-state index in [4.69, 9.17) is 10.5 Å². The van der Waals surface area contributed by atoms with Gasteiger partial charge < -0.3 is 10.4 Å². The third kappa shape index (κ3) is 3.24. The number of likely N-dealkylation sites (N-methyl/N-ethyl adjacent to an activating group) is 1. The Morgan fingerprint density at radius 1 is 1.80 bits per heavy atom. The van der Waals surface area contributed by atoms with E-state index in [-0.39, 0.29) is 10.3 Å². The van der Waals surface area contributed by atoms with Gasteiger partial charge in [0.15, 0.2) is 0 Å². The van der Waals surface area contributed by atoms with Gasteiger partial charge in [0.25, 0.3) is 0 Å². The van der Waals surface area contributed by atoms with Gasteiger partial charge in [-0.15, -0.1) is 0 Å². The van der Waals surface area contributed by atoms with Crippen molar-refractivity contribution in [1.82, 2.24) is 5.32 Å². The normalized spacial score (nSPS) is 10.8. The van der Waals surface area contributed by atoms with E-state index in [1.54, 1.807) is 0 Å². The lowest BCUT2D eigenvalue weighted by atomic mass is 10.4. The second-order valence-corrected chi connectivity index (χ2v) is 2.32. The van der Waals surface area contributed by atoms with Crippen LogP contribution in [0.3, 0.4) is 0 Å². The largest absolute Gasteiger partial charge is 0.477 e. The Morgan fingerprint density at radius 2 is 2.30 bits per heavy atom. The second-order valence-electron chi connectivity index (χ2n) is 1.46. The van der Waals surface area contributed by atoms with Gasteiger partial charge in [-0.05, 0) is 15.9 Å². The van der Waals surface area contributed by atoms with Crippen molar-refractivity contribution in [1.29, 1.82) is 5.41 Å². The van der Waals surface area contributed by atoms with Gasteiger partial charge in [-0.25, -0.2) is 4.79 Å². The van der Waals surface area contributed by atoms with Gasteiger partial charge in [-0.1, -0.05) is 0 Å². The van der Waals surface area contributed by atoms with Gasteiger partial charge in [0.2, 0.25) is 0 Å². The molecule has 0 rings (SSSR count). The molecule has 0 amide bonds. The van der Waals surface area contributed by atoms with Crippen LogP contribution in [0.5, 0.6) is 0 Å². The Kier molecular flexibility index (Phi) is 3.71. The average molecular weight is 207 g/mol. The number of nitrogens with one attached hydrogen (secondary N) is 2. The molecule has 0 saturated heterocycles. The van der Waals surface area contributed by atoms with Crippen LogP contribution in [-0.4, -0.2) is 22.7 Å². The highest BCUT2D eigenvalue weighted by Gasteiger charge is 2.02. The molecule has 10 heavy (non-hydrogen) atoms. The lowest BCUT2D eigenvalue weighted by Crippen LogP contribution is -2.15. The van der Waals surface area contributed by atoms with E-state index in [0.29, 0.717) is 0 Å². The molecule has 0 aromatic heterocycles. The van der Waals surface area contributed by atoms with E-state index >= 15 is 0 Å². The third-order valence-electron chi connectivity index (χ3n) is 0.771. The first-order chi connectivity index (χ1) is 4.57. The molecule has 0 saturated carbocycles. The molecule has 0 bridgehead atoms. The number of hydrogen-bond donors (Lipinski definition) is 3. The van der Waals surface area contributed by atoms with Crippen LogP contribution in [0, 0.1) is 5.41 Å². The molecule has 0 fully saturated rings. The van der Waals surface area contributed by atoms with Gasteiger partial charge in [0.05, 0.1) is 4.62 Å². The van der Waals surface area contributed by atoms with Gasteiger partial charge in [0.1, 0.15) is 5.70 Å². The van der Waals surface area contributed by atoms with Crippen molar-refractivity contribution >= 4 is 26.5 Å². The summed E-state index contributed by atoms with van der Waals surface area (Å²) in [5.41, 5.74) is -0.0122. The first kappa shape index (κ1) is 9.16. The van der Waals surface area contributed by atoms with Crippen LogP contribution >= 0.6 is 15.9 Å². The number of carboxylic acid groups (broad SMARTS) is 1. The number of carboxylic acids is 1. The molecule has 0 aromatic carbocycles. The van der Waals surface area contributed by atoms with Gasteiger partial charge in [0, 0.05) is 13.1 Å². The van der Waals surface area contributed by atoms with E-state index in [1.807, 2.05) is 0 Å². The quantitative estimate of drug-likeness (QED) is 0.467. The Labute approximate surface area is 66.6 Å². The number of halogens is 1. The summed E-state index contributed by atoms with van der Waals surface area (Å²) in [6.07, 6.45) is 1.17. The number of hydrogen-bond acceptors (Lipinski definition) is 3. The molecule has 0 aromatic rings. The van der Waals surface area contributed by atoms with E-state index in [0.717, 1.165) is 0 Å². The fourth-order valence-electron chi connectivity index (χ4n) is 0.368. The molecule has 0 spiro atoms. The van der Waals surface area contributed by atoms with Crippen LogP contribution in [0.15, 0.2) is 11.8 Å². The Bertz CT molecular complexity index is 188. The van der Waals surface area contributed by atoms with Crippen molar-refractivity contribution in [2.45, 2.75) is 0 Å². The van der Waals surface area contributed by atoms with E-state index < -0.39 is 5.97 Å². The van der Waals surface area contributed by atoms with E-state index in [1.165, 1.54) is 13.1 Å². The van der Waals surface area contributed by atoms with Crippen molar-refractivity contribution in [2.75, 3.05) is 7.05 Å². The maximum Gasteiger partial charge on any atom is 0.352 e. The standard InChI is InChI=1S/C5H7BrN2O2/c1-8-3(5(9)10)2-4(6)7/h2,7-8H,1H3,(H,9,10)/b3-2-,7-4?. The molecule has 4 nitrogen and oxygen atoms in total. The molecular weight excluding hydrogens is 200 g/mol. The summed E-state index contributed by atoms with van der Waals surface area (Å²) >= 11 is 2.79. The van der Waals surface area contributed by atoms with E-state index in [9.17, 15) is 4.79 Å². The van der Waals surface area contributed by atoms with Crippen LogP contribution in [0.2, 0.25) is 0 Å². The van der Waals surface area contributed by atoms with E-state index in [2.05, 4.69) is 21.2 Å². The molecule has 0 heterocycles. The smallest absolute Gasteiger partial charge is 0.352 e. The zero-order valence-electron chi connectivity index (χ0n) is 5.31. The molecule has 0 atom stereocenters. The van der Waals surface area contributed by atoms with Gasteiger partial charge in [-0.2, -0.15) is 0 Å². The first-order valence-electron chi connectivity index (χ1n) is 2.44. The van der Waals surface area contributed by atoms with Crippen molar-refractivity contribution in [2.24, 2.45) is 0 Å². The Morgan fingerprint density at radius 3 is 2.40 bits per heavy atom. The summed E-state index contributed by atoms with van der Waals surface area (Å²) in [6.45, 7) is 0. The number of aliphatic carboxylic acids is 1. The zero-order valence-corrected chi connectivity index (χ0v) is 6.90. The topological polar surface area (TPSA) is 73.2 Å². The van der Waals surface area contributed by atoms with Gasteiger partial charge in [-0.3, -0.25) is 5.41 Å². The summed E-state index contributed by atoms with van der Waals surface area (Å²) in [6, 6.07) is 0. The Hall–Kier alpha value is -0.840. The van der Waals surface area contributed by atoms with Crippen molar-refractivity contribution in [3.8, 4) is 0 Å². The lowest BCUT2D eigenvalue weighted by Gasteiger charge is -1.97. The molecule has 0 unspecified atom stereocenters. The number of allylic oxidation sites excluding steroid dienone is 1. The molecule has 3 N–H and O–H groups in total. The predicted octanol–water partition coefficient (Wildman–Crippen LogP) is 0.546. The van der Waals surface area contributed by atoms with Crippen LogP contribution in [0.25, 0.3) is 0 Å². The fraction of sp³-hybridized carbons (Fsp3) is 0.200. The highest BCUT2D eigenvalue weighted by molar-refractivity contribution is 9.18. The molecule has 0 aliphatic carbocycles. The molecule has 0 aliphatic rings. The molecule has 56 valence electrons. The molecular formula is C5H7BrN2O2. The molecule has 5 heteroatoms. The van der Waals surface area contributed by atoms with Crippen molar-refractivity contribution in [3.05, 3.63) is 11.8 Å². The summed E-state index contributed by atoms with van der Waals surface area (Å²) < 4.78 is 0.0271. The predicted molar refractivity (Wildman–Crippen MR) is 41.4 cm³/mol. The Balaban J connectivity index is 4.34. The molecule has 0 radical (unpaired) electrons. The maximum absolute atomic E-state index is 10.2.